The highest BCUT2D eigenvalue weighted by Crippen LogP contribution is 2.39. The van der Waals surface area contributed by atoms with E-state index in [1.54, 1.807) is 6.07 Å². The first-order valence-electron chi connectivity index (χ1n) is 4.89. The largest absolute Gasteiger partial charge is 0.505 e. The second kappa shape index (κ2) is 3.38. The van der Waals surface area contributed by atoms with Crippen molar-refractivity contribution in [2.24, 2.45) is 5.73 Å². The summed E-state index contributed by atoms with van der Waals surface area (Å²) in [5.74, 6) is -0.997. The Labute approximate surface area is 87.7 Å². The van der Waals surface area contributed by atoms with Crippen LogP contribution >= 0.6 is 0 Å². The van der Waals surface area contributed by atoms with Crippen LogP contribution in [0, 0.1) is 5.82 Å². The van der Waals surface area contributed by atoms with E-state index in [1.165, 1.54) is 13.2 Å². The van der Waals surface area contributed by atoms with Crippen molar-refractivity contribution in [2.45, 2.75) is 24.8 Å². The molecule has 0 saturated heterocycles. The molecule has 1 aliphatic carbocycles. The number of hydrogen-bond donors (Lipinski definition) is 2. The zero-order valence-electron chi connectivity index (χ0n) is 8.59. The number of phenols is 1. The summed E-state index contributed by atoms with van der Waals surface area (Å²) < 4.78 is 18.4. The average molecular weight is 211 g/mol. The summed E-state index contributed by atoms with van der Waals surface area (Å²) in [6.45, 7) is 0. The lowest BCUT2D eigenvalue weighted by Crippen LogP contribution is -2.24. The normalized spacial score (nSPS) is 17.5. The van der Waals surface area contributed by atoms with Gasteiger partial charge in [-0.1, -0.05) is 6.07 Å². The van der Waals surface area contributed by atoms with Crippen molar-refractivity contribution in [3.63, 3.8) is 0 Å². The minimum absolute atomic E-state index is 0.103. The fourth-order valence-electron chi connectivity index (χ4n) is 1.66. The minimum Gasteiger partial charge on any atom is -0.505 e. The van der Waals surface area contributed by atoms with Gasteiger partial charge in [-0.25, -0.2) is 0 Å². The minimum atomic E-state index is -0.709. The Balaban J connectivity index is 2.34. The Kier molecular flexibility index (Phi) is 2.31. The monoisotopic (exact) mass is 211 g/mol. The van der Waals surface area contributed by atoms with Crippen LogP contribution in [-0.4, -0.2) is 17.8 Å². The number of ether oxygens (including phenoxy) is 1. The quantitative estimate of drug-likeness (QED) is 0.798. The molecule has 15 heavy (non-hydrogen) atoms. The first-order valence-corrected chi connectivity index (χ1v) is 4.89. The molecule has 1 fully saturated rings. The van der Waals surface area contributed by atoms with Crippen molar-refractivity contribution in [1.82, 2.24) is 0 Å². The standard InChI is InChI=1S/C11H14FNO2/c1-15-10-7(6-11(13)4-5-11)2-3-8(14)9(10)12/h2-3,14H,4-6,13H2,1H3. The second-order valence-electron chi connectivity index (χ2n) is 4.13. The van der Waals surface area contributed by atoms with Gasteiger partial charge in [0.2, 0.25) is 5.82 Å². The molecule has 0 unspecified atom stereocenters. The summed E-state index contributed by atoms with van der Waals surface area (Å²) in [5, 5.41) is 9.18. The molecule has 3 nitrogen and oxygen atoms in total. The zero-order valence-corrected chi connectivity index (χ0v) is 8.59. The van der Waals surface area contributed by atoms with Gasteiger partial charge in [0, 0.05) is 5.54 Å². The molecule has 0 atom stereocenters. The van der Waals surface area contributed by atoms with Crippen molar-refractivity contribution in [3.05, 3.63) is 23.5 Å². The maximum Gasteiger partial charge on any atom is 0.206 e. The van der Waals surface area contributed by atoms with E-state index in [-0.39, 0.29) is 11.3 Å². The Bertz CT molecular complexity index is 388. The van der Waals surface area contributed by atoms with Crippen LogP contribution in [-0.2, 0) is 6.42 Å². The van der Waals surface area contributed by atoms with E-state index in [4.69, 9.17) is 10.5 Å². The van der Waals surface area contributed by atoms with E-state index in [0.717, 1.165) is 12.8 Å². The fourth-order valence-corrected chi connectivity index (χ4v) is 1.66. The number of methoxy groups -OCH3 is 1. The summed E-state index contributed by atoms with van der Waals surface area (Å²) in [6.07, 6.45) is 2.50. The molecule has 82 valence electrons. The van der Waals surface area contributed by atoms with E-state index in [9.17, 15) is 9.50 Å². The molecule has 1 aromatic carbocycles. The van der Waals surface area contributed by atoms with Crippen molar-refractivity contribution in [3.8, 4) is 11.5 Å². The number of rotatable bonds is 3. The number of nitrogens with two attached hydrogens (primary N) is 1. The Morgan fingerprint density at radius 3 is 2.73 bits per heavy atom. The third-order valence-electron chi connectivity index (χ3n) is 2.80. The first-order chi connectivity index (χ1) is 7.06. The Morgan fingerprint density at radius 2 is 2.20 bits per heavy atom. The molecule has 0 aliphatic heterocycles. The number of aromatic hydroxyl groups is 1. The lowest BCUT2D eigenvalue weighted by atomic mass is 10.0. The first kappa shape index (κ1) is 10.2. The average Bonchev–Trinajstić information content (AvgIpc) is 2.91. The molecule has 0 radical (unpaired) electrons. The van der Waals surface area contributed by atoms with Crippen LogP contribution in [0.3, 0.4) is 0 Å². The van der Waals surface area contributed by atoms with Gasteiger partial charge in [-0.2, -0.15) is 4.39 Å². The highest BCUT2D eigenvalue weighted by molar-refractivity contribution is 5.43. The van der Waals surface area contributed by atoms with Gasteiger partial charge in [-0.15, -0.1) is 0 Å². The molecule has 1 aliphatic rings. The molecule has 2 rings (SSSR count). The van der Waals surface area contributed by atoms with Gasteiger partial charge < -0.3 is 15.6 Å². The second-order valence-corrected chi connectivity index (χ2v) is 4.13. The number of halogens is 1. The van der Waals surface area contributed by atoms with Crippen LogP contribution in [0.25, 0.3) is 0 Å². The van der Waals surface area contributed by atoms with E-state index in [1.807, 2.05) is 0 Å². The Hall–Kier alpha value is -1.29. The SMILES string of the molecule is COc1c(CC2(N)CC2)ccc(O)c1F. The molecule has 0 heterocycles. The molecule has 1 saturated carbocycles. The third-order valence-corrected chi connectivity index (χ3v) is 2.80. The van der Waals surface area contributed by atoms with Crippen molar-refractivity contribution >= 4 is 0 Å². The topological polar surface area (TPSA) is 55.5 Å². The third kappa shape index (κ3) is 1.90. The number of hydrogen-bond acceptors (Lipinski definition) is 3. The molecule has 3 N–H and O–H groups in total. The van der Waals surface area contributed by atoms with Gasteiger partial charge in [0.05, 0.1) is 7.11 Å². The lowest BCUT2D eigenvalue weighted by molar-refractivity contribution is 0.358. The van der Waals surface area contributed by atoms with Gasteiger partial charge in [0.1, 0.15) is 0 Å². The molecule has 0 aromatic heterocycles. The van der Waals surface area contributed by atoms with E-state index in [0.29, 0.717) is 12.0 Å². The zero-order chi connectivity index (χ0) is 11.1. The summed E-state index contributed by atoms with van der Waals surface area (Å²) in [7, 11) is 1.39. The predicted octanol–water partition coefficient (Wildman–Crippen LogP) is 1.57. The maximum absolute atomic E-state index is 13.4. The molecule has 0 spiro atoms. The van der Waals surface area contributed by atoms with Crippen LogP contribution in [0.4, 0.5) is 4.39 Å². The summed E-state index contributed by atoms with van der Waals surface area (Å²) in [6, 6.07) is 2.99. The maximum atomic E-state index is 13.4. The summed E-state index contributed by atoms with van der Waals surface area (Å²) in [5.41, 5.74) is 6.47. The molecular formula is C11H14FNO2. The van der Waals surface area contributed by atoms with Gasteiger partial charge in [-0.05, 0) is 30.9 Å². The smallest absolute Gasteiger partial charge is 0.206 e. The molecule has 4 heteroatoms. The van der Waals surface area contributed by atoms with E-state index < -0.39 is 11.6 Å². The van der Waals surface area contributed by atoms with Gasteiger partial charge in [-0.3, -0.25) is 0 Å². The van der Waals surface area contributed by atoms with Crippen LogP contribution < -0.4 is 10.5 Å². The van der Waals surface area contributed by atoms with Gasteiger partial charge in [0.25, 0.3) is 0 Å². The Morgan fingerprint density at radius 1 is 1.53 bits per heavy atom. The number of benzene rings is 1. The van der Waals surface area contributed by atoms with E-state index >= 15 is 0 Å². The van der Waals surface area contributed by atoms with Gasteiger partial charge in [0.15, 0.2) is 11.5 Å². The fraction of sp³-hybridized carbons (Fsp3) is 0.455. The van der Waals surface area contributed by atoms with Crippen LogP contribution in [0.2, 0.25) is 0 Å². The van der Waals surface area contributed by atoms with Crippen molar-refractivity contribution in [2.75, 3.05) is 7.11 Å². The molecular weight excluding hydrogens is 197 g/mol. The highest BCUT2D eigenvalue weighted by atomic mass is 19.1. The van der Waals surface area contributed by atoms with Crippen molar-refractivity contribution in [1.29, 1.82) is 0 Å². The van der Waals surface area contributed by atoms with Crippen LogP contribution in [0.15, 0.2) is 12.1 Å². The molecule has 0 amide bonds. The van der Waals surface area contributed by atoms with Crippen LogP contribution in [0.1, 0.15) is 18.4 Å². The van der Waals surface area contributed by atoms with Crippen molar-refractivity contribution < 1.29 is 14.2 Å². The molecule has 1 aromatic rings. The summed E-state index contributed by atoms with van der Waals surface area (Å²) >= 11 is 0. The molecule has 0 bridgehead atoms. The van der Waals surface area contributed by atoms with Crippen LogP contribution in [0.5, 0.6) is 11.5 Å². The van der Waals surface area contributed by atoms with E-state index in [2.05, 4.69) is 0 Å². The number of phenolic OH excluding ortho intramolecular Hbond substituents is 1. The summed E-state index contributed by atoms with van der Waals surface area (Å²) in [4.78, 5) is 0. The van der Waals surface area contributed by atoms with Gasteiger partial charge >= 0.3 is 0 Å². The lowest BCUT2D eigenvalue weighted by Gasteiger charge is -2.13. The highest BCUT2D eigenvalue weighted by Gasteiger charge is 2.39. The predicted molar refractivity (Wildman–Crippen MR) is 54.5 cm³/mol.